The van der Waals surface area contributed by atoms with E-state index >= 15 is 0 Å². The van der Waals surface area contributed by atoms with Crippen molar-refractivity contribution in [2.24, 2.45) is 5.73 Å². The third-order valence-electron chi connectivity index (χ3n) is 2.92. The highest BCUT2D eigenvalue weighted by molar-refractivity contribution is 6.32. The molecule has 0 saturated carbocycles. The third kappa shape index (κ3) is 3.74. The van der Waals surface area contributed by atoms with Gasteiger partial charge >= 0.3 is 5.97 Å². The van der Waals surface area contributed by atoms with Gasteiger partial charge in [-0.25, -0.2) is 4.79 Å². The monoisotopic (exact) mass is 354 g/mol. The zero-order valence-electron chi connectivity index (χ0n) is 13.0. The molecule has 0 unspecified atom stereocenters. The quantitative estimate of drug-likeness (QED) is 0.714. The van der Waals surface area contributed by atoms with Crippen LogP contribution in [0.5, 0.6) is 11.5 Å². The molecule has 24 heavy (non-hydrogen) atoms. The molecular weight excluding hydrogens is 340 g/mol. The molecule has 1 aromatic carbocycles. The highest BCUT2D eigenvalue weighted by Crippen LogP contribution is 2.39. The fourth-order valence-electron chi connectivity index (χ4n) is 1.93. The molecule has 1 aromatic heterocycles. The van der Waals surface area contributed by atoms with Crippen LogP contribution in [0.3, 0.4) is 0 Å². The van der Waals surface area contributed by atoms with Crippen molar-refractivity contribution in [3.8, 4) is 22.8 Å². The van der Waals surface area contributed by atoms with Crippen LogP contribution in [0.4, 0.5) is 0 Å². The molecule has 2 aromatic rings. The van der Waals surface area contributed by atoms with Crippen molar-refractivity contribution in [2.45, 2.75) is 6.92 Å². The number of benzene rings is 1. The summed E-state index contributed by atoms with van der Waals surface area (Å²) in [5, 5.41) is 10.1. The number of halogens is 1. The Balaban J connectivity index is 2.35. The van der Waals surface area contributed by atoms with E-state index in [0.29, 0.717) is 5.56 Å². The Labute approximate surface area is 142 Å². The number of methoxy groups -OCH3 is 1. The lowest BCUT2D eigenvalue weighted by Crippen LogP contribution is -2.15. The molecule has 0 aliphatic rings. The molecule has 0 aliphatic carbocycles. The van der Waals surface area contributed by atoms with Crippen LogP contribution < -0.4 is 15.2 Å². The van der Waals surface area contributed by atoms with Gasteiger partial charge < -0.3 is 19.9 Å². The minimum absolute atomic E-state index is 0.0340. The van der Waals surface area contributed by atoms with Gasteiger partial charge in [-0.1, -0.05) is 11.6 Å². The predicted octanol–water partition coefficient (Wildman–Crippen LogP) is 1.17. The number of hydrogen-bond acceptors (Lipinski definition) is 7. The smallest absolute Gasteiger partial charge is 0.344 e. The summed E-state index contributed by atoms with van der Waals surface area (Å²) in [6.45, 7) is 1.61. The fourth-order valence-corrected chi connectivity index (χ4v) is 2.20. The van der Waals surface area contributed by atoms with Gasteiger partial charge in [-0.3, -0.25) is 4.79 Å². The number of nitrogens with zero attached hydrogens (tertiary/aromatic N) is 2. The van der Waals surface area contributed by atoms with Gasteiger partial charge in [0.05, 0.1) is 18.7 Å². The van der Waals surface area contributed by atoms with E-state index in [1.807, 2.05) is 0 Å². The van der Waals surface area contributed by atoms with Crippen LogP contribution in [-0.2, 0) is 9.53 Å². The maximum Gasteiger partial charge on any atom is 0.344 e. The van der Waals surface area contributed by atoms with Crippen LogP contribution in [0.1, 0.15) is 17.4 Å². The molecule has 1 heterocycles. The number of ether oxygens (including phenoxy) is 3. The van der Waals surface area contributed by atoms with Crippen molar-refractivity contribution < 1.29 is 23.8 Å². The zero-order valence-corrected chi connectivity index (χ0v) is 13.7. The van der Waals surface area contributed by atoms with E-state index in [-0.39, 0.29) is 41.1 Å². The second-order valence-electron chi connectivity index (χ2n) is 4.47. The Hall–Kier alpha value is -2.81. The highest BCUT2D eigenvalue weighted by Gasteiger charge is 2.20. The summed E-state index contributed by atoms with van der Waals surface area (Å²) in [4.78, 5) is 22.8. The number of hydrogen-bond donors (Lipinski definition) is 2. The summed E-state index contributed by atoms with van der Waals surface area (Å²) in [5.74, 6) is -0.857. The number of aromatic amines is 1. The van der Waals surface area contributed by atoms with Crippen molar-refractivity contribution in [1.29, 1.82) is 0 Å². The summed E-state index contributed by atoms with van der Waals surface area (Å²) in [7, 11) is 1.41. The number of esters is 1. The lowest BCUT2D eigenvalue weighted by Gasteiger charge is -2.13. The van der Waals surface area contributed by atoms with Crippen LogP contribution in [0.25, 0.3) is 11.3 Å². The van der Waals surface area contributed by atoms with Crippen molar-refractivity contribution in [2.75, 3.05) is 20.3 Å². The first kappa shape index (κ1) is 17.5. The second-order valence-corrected chi connectivity index (χ2v) is 4.88. The standard InChI is InChI=1S/C14H15ClN4O5/c1-3-23-10(20)6-24-13-8(15)4-7(5-9(13)22-2)11-12(14(16)21)18-19-17-11/h4-5H,3,6H2,1-2H3,(H2,16,21)(H,17,18,19). The maximum atomic E-state index is 11.4. The number of carbonyl (C=O) groups excluding carboxylic acids is 2. The van der Waals surface area contributed by atoms with Crippen molar-refractivity contribution in [3.63, 3.8) is 0 Å². The maximum absolute atomic E-state index is 11.4. The van der Waals surface area contributed by atoms with E-state index < -0.39 is 11.9 Å². The Morgan fingerprint density at radius 1 is 1.33 bits per heavy atom. The number of H-pyrrole nitrogens is 1. The molecule has 0 radical (unpaired) electrons. The SMILES string of the molecule is CCOC(=O)COc1c(Cl)cc(-c2n[nH]nc2C(N)=O)cc1OC. The van der Waals surface area contributed by atoms with E-state index in [2.05, 4.69) is 15.4 Å². The topological polar surface area (TPSA) is 129 Å². The molecule has 0 atom stereocenters. The molecule has 3 N–H and O–H groups in total. The molecule has 128 valence electrons. The van der Waals surface area contributed by atoms with Crippen LogP contribution >= 0.6 is 11.6 Å². The molecule has 0 aliphatic heterocycles. The lowest BCUT2D eigenvalue weighted by atomic mass is 10.1. The van der Waals surface area contributed by atoms with Crippen molar-refractivity contribution in [1.82, 2.24) is 15.4 Å². The average molecular weight is 355 g/mol. The predicted molar refractivity (Wildman–Crippen MR) is 84.0 cm³/mol. The van der Waals surface area contributed by atoms with E-state index in [9.17, 15) is 9.59 Å². The van der Waals surface area contributed by atoms with Crippen molar-refractivity contribution in [3.05, 3.63) is 22.8 Å². The van der Waals surface area contributed by atoms with Gasteiger partial charge in [0.1, 0.15) is 5.69 Å². The second kappa shape index (κ2) is 7.64. The van der Waals surface area contributed by atoms with Gasteiger partial charge in [-0.05, 0) is 19.1 Å². The number of primary amides is 1. The third-order valence-corrected chi connectivity index (χ3v) is 3.20. The molecule has 9 nitrogen and oxygen atoms in total. The van der Waals surface area contributed by atoms with E-state index in [4.69, 9.17) is 31.5 Å². The lowest BCUT2D eigenvalue weighted by molar-refractivity contribution is -0.145. The average Bonchev–Trinajstić information content (AvgIpc) is 3.03. The summed E-state index contributed by atoms with van der Waals surface area (Å²) >= 11 is 6.19. The first-order chi connectivity index (χ1) is 11.5. The number of nitrogens with one attached hydrogen (secondary N) is 1. The molecule has 2 rings (SSSR count). The van der Waals surface area contributed by atoms with Gasteiger partial charge in [0.25, 0.3) is 5.91 Å². The van der Waals surface area contributed by atoms with Gasteiger partial charge in [0, 0.05) is 5.56 Å². The Morgan fingerprint density at radius 3 is 2.71 bits per heavy atom. The first-order valence-electron chi connectivity index (χ1n) is 6.84. The fraction of sp³-hybridized carbons (Fsp3) is 0.286. The number of nitrogens with two attached hydrogens (primary N) is 1. The van der Waals surface area contributed by atoms with Crippen LogP contribution in [0, 0.1) is 0 Å². The highest BCUT2D eigenvalue weighted by atomic mass is 35.5. The van der Waals surface area contributed by atoms with E-state index in [1.165, 1.54) is 19.2 Å². The number of carbonyl (C=O) groups is 2. The number of aromatic nitrogens is 3. The summed E-state index contributed by atoms with van der Waals surface area (Å²) in [6.07, 6.45) is 0. The van der Waals surface area contributed by atoms with Crippen molar-refractivity contribution >= 4 is 23.5 Å². The summed E-state index contributed by atoms with van der Waals surface area (Å²) in [6, 6.07) is 3.03. The minimum Gasteiger partial charge on any atom is -0.493 e. The van der Waals surface area contributed by atoms with Crippen LogP contribution in [-0.4, -0.2) is 47.6 Å². The molecule has 1 amide bonds. The van der Waals surface area contributed by atoms with Gasteiger partial charge in [0.15, 0.2) is 23.8 Å². The molecule has 0 saturated heterocycles. The largest absolute Gasteiger partial charge is 0.493 e. The minimum atomic E-state index is -0.739. The van der Waals surface area contributed by atoms with E-state index in [0.717, 1.165) is 0 Å². The number of amides is 1. The molecule has 0 fully saturated rings. The molecule has 10 heteroatoms. The Kier molecular flexibility index (Phi) is 5.59. The normalized spacial score (nSPS) is 10.3. The van der Waals surface area contributed by atoms with Gasteiger partial charge in [0.2, 0.25) is 0 Å². The van der Waals surface area contributed by atoms with Gasteiger partial charge in [-0.2, -0.15) is 15.4 Å². The summed E-state index contributed by atoms with van der Waals surface area (Å²) in [5.41, 5.74) is 5.88. The molecular formula is C14H15ClN4O5. The first-order valence-corrected chi connectivity index (χ1v) is 7.22. The summed E-state index contributed by atoms with van der Waals surface area (Å²) < 4.78 is 15.4. The zero-order chi connectivity index (χ0) is 17.7. The Morgan fingerprint density at radius 2 is 2.08 bits per heavy atom. The van der Waals surface area contributed by atoms with E-state index in [1.54, 1.807) is 6.92 Å². The molecule has 0 bridgehead atoms. The number of rotatable bonds is 7. The molecule has 0 spiro atoms. The Bertz CT molecular complexity index is 762. The van der Waals surface area contributed by atoms with Crippen LogP contribution in [0.2, 0.25) is 5.02 Å². The van der Waals surface area contributed by atoms with Crippen LogP contribution in [0.15, 0.2) is 12.1 Å². The van der Waals surface area contributed by atoms with Gasteiger partial charge in [-0.15, -0.1) is 0 Å².